The first-order chi connectivity index (χ1) is 14.5. The highest BCUT2D eigenvalue weighted by Crippen LogP contribution is 2.22. The molecule has 1 unspecified atom stereocenters. The third kappa shape index (κ3) is 5.03. The molecule has 154 valence electrons. The molecule has 6 heteroatoms. The number of amides is 2. The topological polar surface area (TPSA) is 74.3 Å². The summed E-state index contributed by atoms with van der Waals surface area (Å²) in [5.74, 6) is -0.505. The Kier molecular flexibility index (Phi) is 6.80. The number of nitrogens with one attached hydrogen (secondary N) is 2. The lowest BCUT2D eigenvalue weighted by Crippen LogP contribution is -2.40. The summed E-state index contributed by atoms with van der Waals surface area (Å²) in [7, 11) is 2.00. The van der Waals surface area contributed by atoms with E-state index in [4.69, 9.17) is 0 Å². The number of benzene rings is 2. The first-order valence-corrected chi connectivity index (χ1v) is 9.84. The number of pyridine rings is 1. The molecule has 0 aliphatic carbocycles. The fourth-order valence-corrected chi connectivity index (χ4v) is 3.10. The van der Waals surface area contributed by atoms with Crippen molar-refractivity contribution in [1.82, 2.24) is 10.3 Å². The van der Waals surface area contributed by atoms with Crippen molar-refractivity contribution >= 4 is 23.2 Å². The van der Waals surface area contributed by atoms with Gasteiger partial charge in [0.2, 0.25) is 0 Å². The maximum absolute atomic E-state index is 12.9. The van der Waals surface area contributed by atoms with Gasteiger partial charge >= 0.3 is 0 Å². The van der Waals surface area contributed by atoms with E-state index in [1.807, 2.05) is 56.4 Å². The fourth-order valence-electron chi connectivity index (χ4n) is 3.10. The largest absolute Gasteiger partial charge is 0.370 e. The number of rotatable bonds is 7. The van der Waals surface area contributed by atoms with Crippen molar-refractivity contribution in [2.24, 2.45) is 0 Å². The van der Waals surface area contributed by atoms with Gasteiger partial charge in [0.15, 0.2) is 0 Å². The van der Waals surface area contributed by atoms with E-state index in [1.54, 1.807) is 30.6 Å². The van der Waals surface area contributed by atoms with E-state index < -0.39 is 0 Å². The number of aromatic nitrogens is 1. The van der Waals surface area contributed by atoms with Crippen molar-refractivity contribution in [3.63, 3.8) is 0 Å². The Morgan fingerprint density at radius 3 is 2.37 bits per heavy atom. The SMILES string of the molecule is Cc1cccc(C(=O)NCC(C)N(C)c2ccccc2)c1NC(=O)c1ccncc1. The standard InChI is InChI=1S/C24H26N4O2/c1-17-8-7-11-21(22(17)27-23(29)19-12-14-25-15-13-19)24(30)26-16-18(2)28(3)20-9-5-4-6-10-20/h4-15,18H,16H2,1-3H3,(H,26,30)(H,27,29). The Bertz CT molecular complexity index is 1010. The van der Waals surface area contributed by atoms with Crippen LogP contribution >= 0.6 is 0 Å². The summed E-state index contributed by atoms with van der Waals surface area (Å²) in [4.78, 5) is 31.5. The van der Waals surface area contributed by atoms with E-state index in [0.717, 1.165) is 11.3 Å². The van der Waals surface area contributed by atoms with Gasteiger partial charge in [0.1, 0.15) is 0 Å². The average molecular weight is 402 g/mol. The van der Waals surface area contributed by atoms with Crippen LogP contribution in [0.2, 0.25) is 0 Å². The van der Waals surface area contributed by atoms with E-state index in [0.29, 0.717) is 23.4 Å². The molecule has 0 fully saturated rings. The van der Waals surface area contributed by atoms with Crippen molar-refractivity contribution in [3.05, 3.63) is 89.7 Å². The van der Waals surface area contributed by atoms with E-state index in [2.05, 4.69) is 27.4 Å². The molecule has 0 saturated carbocycles. The highest BCUT2D eigenvalue weighted by molar-refractivity contribution is 6.09. The van der Waals surface area contributed by atoms with Crippen LogP contribution in [0.25, 0.3) is 0 Å². The molecule has 2 aromatic carbocycles. The quantitative estimate of drug-likeness (QED) is 0.629. The Labute approximate surface area is 177 Å². The number of aryl methyl sites for hydroxylation is 1. The lowest BCUT2D eigenvalue weighted by molar-refractivity contribution is 0.0952. The van der Waals surface area contributed by atoms with Crippen molar-refractivity contribution in [2.75, 3.05) is 23.8 Å². The van der Waals surface area contributed by atoms with Crippen LogP contribution in [0.4, 0.5) is 11.4 Å². The van der Waals surface area contributed by atoms with Crippen LogP contribution in [0.15, 0.2) is 73.1 Å². The molecule has 1 atom stereocenters. The molecule has 0 aliphatic rings. The molecule has 3 rings (SSSR count). The first kappa shape index (κ1) is 21.0. The molecular formula is C24H26N4O2. The van der Waals surface area contributed by atoms with Gasteiger partial charge in [-0.25, -0.2) is 0 Å². The second kappa shape index (κ2) is 9.69. The van der Waals surface area contributed by atoms with Crippen molar-refractivity contribution < 1.29 is 9.59 Å². The lowest BCUT2D eigenvalue weighted by Gasteiger charge is -2.27. The van der Waals surface area contributed by atoms with Gasteiger partial charge in [-0.2, -0.15) is 0 Å². The van der Waals surface area contributed by atoms with E-state index >= 15 is 0 Å². The van der Waals surface area contributed by atoms with Crippen molar-refractivity contribution in [3.8, 4) is 0 Å². The zero-order chi connectivity index (χ0) is 21.5. The lowest BCUT2D eigenvalue weighted by atomic mass is 10.1. The summed E-state index contributed by atoms with van der Waals surface area (Å²) in [6.07, 6.45) is 3.12. The highest BCUT2D eigenvalue weighted by Gasteiger charge is 2.18. The summed E-state index contributed by atoms with van der Waals surface area (Å²) < 4.78 is 0. The molecule has 6 nitrogen and oxygen atoms in total. The molecule has 0 bridgehead atoms. The molecule has 1 heterocycles. The molecule has 30 heavy (non-hydrogen) atoms. The van der Waals surface area contributed by atoms with Gasteiger partial charge in [-0.3, -0.25) is 14.6 Å². The predicted molar refractivity (Wildman–Crippen MR) is 120 cm³/mol. The molecular weight excluding hydrogens is 376 g/mol. The summed E-state index contributed by atoms with van der Waals surface area (Å²) in [6.45, 7) is 4.39. The van der Waals surface area contributed by atoms with Gasteiger partial charge in [0.05, 0.1) is 11.3 Å². The van der Waals surface area contributed by atoms with Gasteiger partial charge in [0, 0.05) is 43.3 Å². The minimum Gasteiger partial charge on any atom is -0.370 e. The van der Waals surface area contributed by atoms with Crippen LogP contribution in [0.5, 0.6) is 0 Å². The number of likely N-dealkylation sites (N-methyl/N-ethyl adjacent to an activating group) is 1. The molecule has 3 aromatic rings. The minimum absolute atomic E-state index is 0.0935. The van der Waals surface area contributed by atoms with E-state index in [1.165, 1.54) is 0 Å². The van der Waals surface area contributed by atoms with Gasteiger partial charge in [-0.05, 0) is 49.7 Å². The minimum atomic E-state index is -0.280. The smallest absolute Gasteiger partial charge is 0.255 e. The normalized spacial score (nSPS) is 11.4. The maximum Gasteiger partial charge on any atom is 0.255 e. The van der Waals surface area contributed by atoms with Crippen LogP contribution in [0.1, 0.15) is 33.2 Å². The number of nitrogens with zero attached hydrogens (tertiary/aromatic N) is 2. The Hall–Kier alpha value is -3.67. The molecule has 2 amide bonds. The van der Waals surface area contributed by atoms with Crippen LogP contribution in [-0.2, 0) is 0 Å². The molecule has 0 radical (unpaired) electrons. The third-order valence-electron chi connectivity index (χ3n) is 5.08. The molecule has 0 saturated heterocycles. The van der Waals surface area contributed by atoms with E-state index in [9.17, 15) is 9.59 Å². The van der Waals surface area contributed by atoms with Crippen LogP contribution in [-0.4, -0.2) is 36.4 Å². The highest BCUT2D eigenvalue weighted by atomic mass is 16.2. The third-order valence-corrected chi connectivity index (χ3v) is 5.08. The molecule has 0 spiro atoms. The predicted octanol–water partition coefficient (Wildman–Crippen LogP) is 3.90. The second-order valence-corrected chi connectivity index (χ2v) is 7.19. The molecule has 2 N–H and O–H groups in total. The number of hydrogen-bond donors (Lipinski definition) is 2. The Morgan fingerprint density at radius 2 is 1.67 bits per heavy atom. The number of hydrogen-bond acceptors (Lipinski definition) is 4. The van der Waals surface area contributed by atoms with Crippen molar-refractivity contribution in [1.29, 1.82) is 0 Å². The Balaban J connectivity index is 1.70. The first-order valence-electron chi connectivity index (χ1n) is 9.84. The average Bonchev–Trinajstić information content (AvgIpc) is 2.79. The van der Waals surface area contributed by atoms with Gasteiger partial charge < -0.3 is 15.5 Å². The van der Waals surface area contributed by atoms with E-state index in [-0.39, 0.29) is 17.9 Å². The van der Waals surface area contributed by atoms with Crippen LogP contribution in [0, 0.1) is 6.92 Å². The number of carbonyl (C=O) groups is 2. The maximum atomic E-state index is 12.9. The summed E-state index contributed by atoms with van der Waals surface area (Å²) in [5.41, 5.74) is 3.34. The van der Waals surface area contributed by atoms with Gasteiger partial charge in [0.25, 0.3) is 11.8 Å². The van der Waals surface area contributed by atoms with Crippen LogP contribution in [0.3, 0.4) is 0 Å². The van der Waals surface area contributed by atoms with Crippen LogP contribution < -0.4 is 15.5 Å². The molecule has 0 aliphatic heterocycles. The Morgan fingerprint density at radius 1 is 0.967 bits per heavy atom. The summed E-state index contributed by atoms with van der Waals surface area (Å²) >= 11 is 0. The zero-order valence-electron chi connectivity index (χ0n) is 17.4. The molecule has 1 aromatic heterocycles. The van der Waals surface area contributed by atoms with Gasteiger partial charge in [-0.15, -0.1) is 0 Å². The monoisotopic (exact) mass is 402 g/mol. The fraction of sp³-hybridized carbons (Fsp3) is 0.208. The summed E-state index contributed by atoms with van der Waals surface area (Å²) in [5, 5.41) is 5.86. The second-order valence-electron chi connectivity index (χ2n) is 7.19. The van der Waals surface area contributed by atoms with Crippen molar-refractivity contribution in [2.45, 2.75) is 19.9 Å². The zero-order valence-corrected chi connectivity index (χ0v) is 17.4. The summed E-state index contributed by atoms with van der Waals surface area (Å²) in [6, 6.07) is 18.8. The number of para-hydroxylation sites is 2. The van der Waals surface area contributed by atoms with Gasteiger partial charge in [-0.1, -0.05) is 30.3 Å². The number of anilines is 2. The number of carbonyl (C=O) groups excluding carboxylic acids is 2.